The van der Waals surface area contributed by atoms with Crippen molar-refractivity contribution in [2.45, 2.75) is 0 Å². The Balaban J connectivity index is 2.08. The fourth-order valence-corrected chi connectivity index (χ4v) is 2.33. The van der Waals surface area contributed by atoms with Gasteiger partial charge >= 0.3 is 5.97 Å². The summed E-state index contributed by atoms with van der Waals surface area (Å²) in [5, 5.41) is 13.3. The van der Waals surface area contributed by atoms with Gasteiger partial charge in [-0.25, -0.2) is 9.78 Å². The number of nitrogens with zero attached hydrogens (tertiary/aromatic N) is 2. The lowest BCUT2D eigenvalue weighted by molar-refractivity contribution is 0.0697. The molecule has 116 valence electrons. The molecular weight excluding hydrogens is 318 g/mol. The minimum absolute atomic E-state index is 0.145. The van der Waals surface area contributed by atoms with Crippen LogP contribution in [0.1, 0.15) is 10.4 Å². The van der Waals surface area contributed by atoms with E-state index in [1.54, 1.807) is 24.3 Å². The maximum absolute atomic E-state index is 11.1. The zero-order valence-corrected chi connectivity index (χ0v) is 12.8. The highest BCUT2D eigenvalue weighted by molar-refractivity contribution is 6.30. The Bertz CT molecular complexity index is 899. The van der Waals surface area contributed by atoms with Crippen LogP contribution in [0.4, 0.5) is 11.6 Å². The lowest BCUT2D eigenvalue weighted by atomic mass is 10.1. The highest BCUT2D eigenvalue weighted by Gasteiger charge is 2.11. The number of fused-ring (bicyclic) bond motifs is 1. The monoisotopic (exact) mass is 329 g/mol. The predicted molar refractivity (Wildman–Crippen MR) is 87.8 cm³/mol. The first-order valence-corrected chi connectivity index (χ1v) is 7.06. The minimum Gasteiger partial charge on any atom is -0.480 e. The van der Waals surface area contributed by atoms with Crippen molar-refractivity contribution in [3.05, 3.63) is 53.1 Å². The number of carboxylic acid groups (broad SMARTS) is 1. The van der Waals surface area contributed by atoms with E-state index in [0.717, 1.165) is 0 Å². The van der Waals surface area contributed by atoms with Crippen LogP contribution in [0.15, 0.2) is 42.5 Å². The van der Waals surface area contributed by atoms with Crippen LogP contribution in [0.5, 0.6) is 5.88 Å². The molecule has 1 heterocycles. The summed E-state index contributed by atoms with van der Waals surface area (Å²) in [7, 11) is 1.50. The second kappa shape index (κ2) is 6.10. The number of rotatable bonds is 4. The van der Waals surface area contributed by atoms with E-state index in [0.29, 0.717) is 33.4 Å². The minimum atomic E-state index is -1.02. The summed E-state index contributed by atoms with van der Waals surface area (Å²) < 4.78 is 5.27. The molecular formula is C16H12ClN3O3. The molecule has 0 aliphatic carbocycles. The van der Waals surface area contributed by atoms with Crippen LogP contribution in [-0.4, -0.2) is 28.2 Å². The van der Waals surface area contributed by atoms with Crippen LogP contribution in [0.25, 0.3) is 10.9 Å². The Morgan fingerprint density at radius 3 is 2.74 bits per heavy atom. The van der Waals surface area contributed by atoms with Crippen LogP contribution in [0, 0.1) is 0 Å². The second-order valence-corrected chi connectivity index (χ2v) is 5.17. The molecule has 0 fully saturated rings. The molecule has 0 radical (unpaired) electrons. The normalized spacial score (nSPS) is 10.5. The summed E-state index contributed by atoms with van der Waals surface area (Å²) in [6, 6.07) is 11.7. The van der Waals surface area contributed by atoms with E-state index in [9.17, 15) is 4.79 Å². The highest BCUT2D eigenvalue weighted by Crippen LogP contribution is 2.26. The maximum Gasteiger partial charge on any atom is 0.335 e. The van der Waals surface area contributed by atoms with Gasteiger partial charge in [-0.2, -0.15) is 4.98 Å². The molecule has 0 unspecified atom stereocenters. The van der Waals surface area contributed by atoms with Crippen molar-refractivity contribution in [3.63, 3.8) is 0 Å². The number of aromatic nitrogens is 2. The van der Waals surface area contributed by atoms with Gasteiger partial charge in [0.25, 0.3) is 0 Å². The molecule has 7 heteroatoms. The number of halogens is 1. The van der Waals surface area contributed by atoms with Gasteiger partial charge in [-0.15, -0.1) is 0 Å². The Kier molecular flexibility index (Phi) is 3.99. The number of carbonyl (C=O) groups is 1. The molecule has 0 saturated heterocycles. The molecule has 3 rings (SSSR count). The number of carboxylic acids is 1. The molecule has 1 aromatic heterocycles. The Hall–Kier alpha value is -2.86. The van der Waals surface area contributed by atoms with Gasteiger partial charge in [0.1, 0.15) is 0 Å². The van der Waals surface area contributed by atoms with Crippen molar-refractivity contribution in [2.75, 3.05) is 12.4 Å². The van der Waals surface area contributed by atoms with Gasteiger partial charge in [-0.1, -0.05) is 17.7 Å². The van der Waals surface area contributed by atoms with E-state index >= 15 is 0 Å². The zero-order chi connectivity index (χ0) is 16.4. The van der Waals surface area contributed by atoms with Gasteiger partial charge in [0.15, 0.2) is 0 Å². The van der Waals surface area contributed by atoms with E-state index in [4.69, 9.17) is 21.4 Å². The molecule has 0 amide bonds. The van der Waals surface area contributed by atoms with E-state index in [1.807, 2.05) is 6.07 Å². The number of aromatic carboxylic acids is 1. The van der Waals surface area contributed by atoms with Crippen molar-refractivity contribution < 1.29 is 14.6 Å². The number of anilines is 2. The molecule has 0 atom stereocenters. The summed E-state index contributed by atoms with van der Waals surface area (Å²) in [6.07, 6.45) is 0. The third kappa shape index (κ3) is 3.17. The largest absolute Gasteiger partial charge is 0.480 e. The van der Waals surface area contributed by atoms with Crippen LogP contribution >= 0.6 is 11.6 Å². The summed E-state index contributed by atoms with van der Waals surface area (Å²) in [6.45, 7) is 0. The van der Waals surface area contributed by atoms with Crippen LogP contribution < -0.4 is 10.1 Å². The lowest BCUT2D eigenvalue weighted by Gasteiger charge is -2.10. The first kappa shape index (κ1) is 15.1. The highest BCUT2D eigenvalue weighted by atomic mass is 35.5. The zero-order valence-electron chi connectivity index (χ0n) is 12.1. The summed E-state index contributed by atoms with van der Waals surface area (Å²) in [5.74, 6) is -0.371. The fraction of sp³-hybridized carbons (Fsp3) is 0.0625. The summed E-state index contributed by atoms with van der Waals surface area (Å²) >= 11 is 5.95. The topological polar surface area (TPSA) is 84.3 Å². The lowest BCUT2D eigenvalue weighted by Crippen LogP contribution is -2.02. The number of hydrogen-bond acceptors (Lipinski definition) is 5. The third-order valence-corrected chi connectivity index (χ3v) is 3.42. The standard InChI is InChI=1S/C16H12ClN3O3/c1-23-14-12-6-5-9(15(21)22)7-13(12)19-16(20-14)18-11-4-2-3-10(17)8-11/h2-8H,1H3,(H,21,22)(H,18,19,20). The molecule has 2 N–H and O–H groups in total. The molecule has 23 heavy (non-hydrogen) atoms. The molecule has 2 aromatic carbocycles. The van der Waals surface area contributed by atoms with E-state index in [-0.39, 0.29) is 5.56 Å². The van der Waals surface area contributed by atoms with Gasteiger partial charge < -0.3 is 15.2 Å². The second-order valence-electron chi connectivity index (χ2n) is 4.73. The van der Waals surface area contributed by atoms with E-state index < -0.39 is 5.97 Å². The van der Waals surface area contributed by atoms with Gasteiger partial charge in [0.05, 0.1) is 23.6 Å². The number of ether oxygens (including phenoxy) is 1. The van der Waals surface area contributed by atoms with Crippen molar-refractivity contribution in [1.82, 2.24) is 9.97 Å². The van der Waals surface area contributed by atoms with Crippen LogP contribution in [-0.2, 0) is 0 Å². The van der Waals surface area contributed by atoms with E-state index in [2.05, 4.69) is 15.3 Å². The molecule has 3 aromatic rings. The van der Waals surface area contributed by atoms with Gasteiger partial charge in [0, 0.05) is 10.7 Å². The number of hydrogen-bond donors (Lipinski definition) is 2. The van der Waals surface area contributed by atoms with Crippen molar-refractivity contribution in [2.24, 2.45) is 0 Å². The first-order chi connectivity index (χ1) is 11.1. The molecule has 0 aliphatic rings. The molecule has 0 spiro atoms. The number of methoxy groups -OCH3 is 1. The molecule has 0 bridgehead atoms. The van der Waals surface area contributed by atoms with Crippen molar-refractivity contribution >= 4 is 40.1 Å². The summed E-state index contributed by atoms with van der Waals surface area (Å²) in [4.78, 5) is 19.7. The average molecular weight is 330 g/mol. The maximum atomic E-state index is 11.1. The Morgan fingerprint density at radius 2 is 2.04 bits per heavy atom. The third-order valence-electron chi connectivity index (χ3n) is 3.18. The fourth-order valence-electron chi connectivity index (χ4n) is 2.14. The molecule has 6 nitrogen and oxygen atoms in total. The van der Waals surface area contributed by atoms with Crippen LogP contribution in [0.2, 0.25) is 5.02 Å². The SMILES string of the molecule is COc1nc(Nc2cccc(Cl)c2)nc2cc(C(=O)O)ccc12. The van der Waals surface area contributed by atoms with Gasteiger partial charge in [-0.3, -0.25) is 0 Å². The first-order valence-electron chi connectivity index (χ1n) is 6.68. The van der Waals surface area contributed by atoms with Gasteiger partial charge in [0.2, 0.25) is 11.8 Å². The van der Waals surface area contributed by atoms with Crippen molar-refractivity contribution in [1.29, 1.82) is 0 Å². The predicted octanol–water partition coefficient (Wildman–Crippen LogP) is 3.73. The van der Waals surface area contributed by atoms with Crippen LogP contribution in [0.3, 0.4) is 0 Å². The number of benzene rings is 2. The summed E-state index contributed by atoms with van der Waals surface area (Å²) in [5.41, 5.74) is 1.33. The Morgan fingerprint density at radius 1 is 1.22 bits per heavy atom. The quantitative estimate of drug-likeness (QED) is 0.758. The average Bonchev–Trinajstić information content (AvgIpc) is 2.53. The van der Waals surface area contributed by atoms with E-state index in [1.165, 1.54) is 19.2 Å². The number of nitrogens with one attached hydrogen (secondary N) is 1. The molecule has 0 aliphatic heterocycles. The van der Waals surface area contributed by atoms with Gasteiger partial charge in [-0.05, 0) is 36.4 Å². The smallest absolute Gasteiger partial charge is 0.335 e. The van der Waals surface area contributed by atoms with Crippen molar-refractivity contribution in [3.8, 4) is 5.88 Å². The Labute approximate surface area is 136 Å². The molecule has 0 saturated carbocycles.